The Balaban J connectivity index is 1.91. The molecule has 98 valence electrons. The Morgan fingerprint density at radius 1 is 1.39 bits per heavy atom. The van der Waals surface area contributed by atoms with Gasteiger partial charge in [0, 0.05) is 18.0 Å². The number of amides is 1. The molecule has 1 heterocycles. The first kappa shape index (κ1) is 13.4. The van der Waals surface area contributed by atoms with Crippen molar-refractivity contribution in [2.45, 2.75) is 24.3 Å². The molecule has 0 aliphatic carbocycles. The summed E-state index contributed by atoms with van der Waals surface area (Å²) < 4.78 is 13.6. The summed E-state index contributed by atoms with van der Waals surface area (Å²) in [6, 6.07) is 4.59. The highest BCUT2D eigenvalue weighted by Crippen LogP contribution is 2.23. The third-order valence-corrected chi connectivity index (χ3v) is 4.02. The lowest BCUT2D eigenvalue weighted by atomic mass is 10.2. The lowest BCUT2D eigenvalue weighted by Crippen LogP contribution is -2.29. The van der Waals surface area contributed by atoms with E-state index in [2.05, 4.69) is 0 Å². The number of thioether (sulfide) groups is 1. The first-order valence-electron chi connectivity index (χ1n) is 6.00. The van der Waals surface area contributed by atoms with Crippen molar-refractivity contribution in [3.63, 3.8) is 0 Å². The van der Waals surface area contributed by atoms with Crippen LogP contribution in [0, 0.1) is 5.82 Å². The van der Waals surface area contributed by atoms with Gasteiger partial charge < -0.3 is 10.0 Å². The third kappa shape index (κ3) is 3.23. The topological polar surface area (TPSA) is 40.5 Å². The summed E-state index contributed by atoms with van der Waals surface area (Å²) in [5, 5.41) is 8.88. The monoisotopic (exact) mass is 269 g/mol. The first-order chi connectivity index (χ1) is 8.70. The van der Waals surface area contributed by atoms with Gasteiger partial charge in [-0.25, -0.2) is 4.39 Å². The van der Waals surface area contributed by atoms with Gasteiger partial charge in [0.25, 0.3) is 0 Å². The Morgan fingerprint density at radius 3 is 2.72 bits per heavy atom. The van der Waals surface area contributed by atoms with E-state index in [1.54, 1.807) is 12.1 Å². The zero-order valence-electron chi connectivity index (χ0n) is 10.1. The van der Waals surface area contributed by atoms with Crippen molar-refractivity contribution in [2.24, 2.45) is 0 Å². The van der Waals surface area contributed by atoms with Crippen molar-refractivity contribution >= 4 is 17.7 Å². The van der Waals surface area contributed by atoms with Gasteiger partial charge >= 0.3 is 0 Å². The zero-order valence-corrected chi connectivity index (χ0v) is 10.9. The molecule has 0 bridgehead atoms. The van der Waals surface area contributed by atoms with Crippen molar-refractivity contribution in [3.05, 3.63) is 29.6 Å². The van der Waals surface area contributed by atoms with Crippen LogP contribution in [0.3, 0.4) is 0 Å². The minimum absolute atomic E-state index is 0.0723. The molecule has 1 aliphatic rings. The van der Waals surface area contributed by atoms with Crippen LogP contribution in [-0.2, 0) is 11.4 Å². The fraction of sp³-hybridized carbons (Fsp3) is 0.462. The predicted octanol–water partition coefficient (Wildman–Crippen LogP) is 2.03. The van der Waals surface area contributed by atoms with Crippen LogP contribution in [0.5, 0.6) is 0 Å². The number of benzene rings is 1. The fourth-order valence-electron chi connectivity index (χ4n) is 1.96. The Bertz CT molecular complexity index is 433. The molecule has 1 N–H and O–H groups in total. The number of likely N-dealkylation sites (tertiary alicyclic amines) is 1. The SMILES string of the molecule is O=C(CSc1ccc(CO)cc1F)N1CCCC1. The molecule has 1 aromatic rings. The van der Waals surface area contributed by atoms with Crippen LogP contribution >= 0.6 is 11.8 Å². The van der Waals surface area contributed by atoms with Crippen LogP contribution < -0.4 is 0 Å². The van der Waals surface area contributed by atoms with Gasteiger partial charge in [-0.2, -0.15) is 0 Å². The molecule has 0 radical (unpaired) electrons. The van der Waals surface area contributed by atoms with Crippen LogP contribution in [0.2, 0.25) is 0 Å². The molecule has 0 aromatic heterocycles. The van der Waals surface area contributed by atoms with E-state index in [-0.39, 0.29) is 24.1 Å². The number of carbonyl (C=O) groups is 1. The second kappa shape index (κ2) is 6.20. The van der Waals surface area contributed by atoms with Gasteiger partial charge in [0.05, 0.1) is 12.4 Å². The number of hydrogen-bond acceptors (Lipinski definition) is 3. The van der Waals surface area contributed by atoms with E-state index in [4.69, 9.17) is 5.11 Å². The van der Waals surface area contributed by atoms with Crippen LogP contribution in [0.4, 0.5) is 4.39 Å². The van der Waals surface area contributed by atoms with Crippen molar-refractivity contribution in [1.82, 2.24) is 4.90 Å². The van der Waals surface area contributed by atoms with Gasteiger partial charge in [0.1, 0.15) is 5.82 Å². The smallest absolute Gasteiger partial charge is 0.232 e. The molecule has 1 amide bonds. The van der Waals surface area contributed by atoms with Crippen LogP contribution in [-0.4, -0.2) is 34.8 Å². The minimum Gasteiger partial charge on any atom is -0.392 e. The number of halogens is 1. The highest BCUT2D eigenvalue weighted by atomic mass is 32.2. The van der Waals surface area contributed by atoms with E-state index in [9.17, 15) is 9.18 Å². The van der Waals surface area contributed by atoms with Gasteiger partial charge in [0.15, 0.2) is 0 Å². The maximum Gasteiger partial charge on any atom is 0.232 e. The summed E-state index contributed by atoms with van der Waals surface area (Å²) in [6.07, 6.45) is 2.13. The summed E-state index contributed by atoms with van der Waals surface area (Å²) in [5.41, 5.74) is 0.544. The number of rotatable bonds is 4. The number of aliphatic hydroxyl groups excluding tert-OH is 1. The molecule has 1 saturated heterocycles. The molecule has 0 atom stereocenters. The molecule has 0 saturated carbocycles. The van der Waals surface area contributed by atoms with Crippen molar-refractivity contribution in [1.29, 1.82) is 0 Å². The Kier molecular flexibility index (Phi) is 4.60. The minimum atomic E-state index is -0.374. The Hall–Kier alpha value is -1.07. The van der Waals surface area contributed by atoms with E-state index in [1.807, 2.05) is 4.90 Å². The van der Waals surface area contributed by atoms with E-state index < -0.39 is 0 Å². The number of carbonyl (C=O) groups excluding carboxylic acids is 1. The standard InChI is InChI=1S/C13H16FNO2S/c14-11-7-10(8-16)3-4-12(11)18-9-13(17)15-5-1-2-6-15/h3-4,7,16H,1-2,5-6,8-9H2. The van der Waals surface area contributed by atoms with Crippen molar-refractivity contribution in [3.8, 4) is 0 Å². The summed E-state index contributed by atoms with van der Waals surface area (Å²) in [7, 11) is 0. The van der Waals surface area contributed by atoms with Crippen LogP contribution in [0.1, 0.15) is 18.4 Å². The molecular weight excluding hydrogens is 253 g/mol. The molecule has 3 nitrogen and oxygen atoms in total. The van der Waals surface area contributed by atoms with E-state index in [0.717, 1.165) is 25.9 Å². The van der Waals surface area contributed by atoms with Gasteiger partial charge in [-0.05, 0) is 30.5 Å². The van der Waals surface area contributed by atoms with Crippen molar-refractivity contribution in [2.75, 3.05) is 18.8 Å². The largest absolute Gasteiger partial charge is 0.392 e. The maximum atomic E-state index is 13.6. The molecular formula is C13H16FNO2S. The molecule has 1 aliphatic heterocycles. The quantitative estimate of drug-likeness (QED) is 0.850. The number of nitrogens with zero attached hydrogens (tertiary/aromatic N) is 1. The Labute approximate surface area is 110 Å². The lowest BCUT2D eigenvalue weighted by Gasteiger charge is -2.14. The molecule has 18 heavy (non-hydrogen) atoms. The van der Waals surface area contributed by atoms with E-state index >= 15 is 0 Å². The summed E-state index contributed by atoms with van der Waals surface area (Å²) >= 11 is 1.21. The second-order valence-corrected chi connectivity index (χ2v) is 5.32. The van der Waals surface area contributed by atoms with Gasteiger partial charge in [0.2, 0.25) is 5.91 Å². The molecule has 2 rings (SSSR count). The highest BCUT2D eigenvalue weighted by Gasteiger charge is 2.18. The van der Waals surface area contributed by atoms with Crippen molar-refractivity contribution < 1.29 is 14.3 Å². The maximum absolute atomic E-state index is 13.6. The van der Waals surface area contributed by atoms with Crippen LogP contribution in [0.15, 0.2) is 23.1 Å². The Morgan fingerprint density at radius 2 is 2.11 bits per heavy atom. The molecule has 5 heteroatoms. The predicted molar refractivity (Wildman–Crippen MR) is 68.9 cm³/mol. The van der Waals surface area contributed by atoms with Gasteiger partial charge in [-0.3, -0.25) is 4.79 Å². The van der Waals surface area contributed by atoms with E-state index in [0.29, 0.717) is 10.5 Å². The van der Waals surface area contributed by atoms with Gasteiger partial charge in [-0.1, -0.05) is 6.07 Å². The summed E-state index contributed by atoms with van der Waals surface area (Å²) in [4.78, 5) is 14.1. The molecule has 1 aromatic carbocycles. The average Bonchev–Trinajstić information content (AvgIpc) is 2.90. The fourth-order valence-corrected chi connectivity index (χ4v) is 2.78. The third-order valence-electron chi connectivity index (χ3n) is 2.99. The first-order valence-corrected chi connectivity index (χ1v) is 6.99. The second-order valence-electron chi connectivity index (χ2n) is 4.30. The number of aliphatic hydroxyl groups is 1. The molecule has 0 unspecified atom stereocenters. The highest BCUT2D eigenvalue weighted by molar-refractivity contribution is 8.00. The average molecular weight is 269 g/mol. The number of hydrogen-bond donors (Lipinski definition) is 1. The lowest BCUT2D eigenvalue weighted by molar-refractivity contribution is -0.127. The van der Waals surface area contributed by atoms with E-state index in [1.165, 1.54) is 17.8 Å². The normalized spacial score (nSPS) is 15.1. The summed E-state index contributed by atoms with van der Waals surface area (Å²) in [5.74, 6) is -0.0287. The molecule has 0 spiro atoms. The molecule has 1 fully saturated rings. The van der Waals surface area contributed by atoms with Gasteiger partial charge in [-0.15, -0.1) is 11.8 Å². The summed E-state index contributed by atoms with van der Waals surface area (Å²) in [6.45, 7) is 1.48. The van der Waals surface area contributed by atoms with Crippen LogP contribution in [0.25, 0.3) is 0 Å². The zero-order chi connectivity index (χ0) is 13.0.